The summed E-state index contributed by atoms with van der Waals surface area (Å²) >= 11 is 0. The smallest absolute Gasteiger partial charge is 0.325 e. The maximum atomic E-state index is 10.8. The van der Waals surface area contributed by atoms with Crippen LogP contribution in [-0.2, 0) is 9.09 Å². The van der Waals surface area contributed by atoms with Crippen LogP contribution in [0.2, 0.25) is 0 Å². The molecule has 396 valence electrons. The number of hydrogen-bond donors (Lipinski definition) is 3. The van der Waals surface area contributed by atoms with Crippen LogP contribution in [0.15, 0.2) is 0 Å². The van der Waals surface area contributed by atoms with E-state index in [2.05, 4.69) is 164 Å². The minimum Gasteiger partial charge on any atom is -0.326 e. The summed E-state index contributed by atoms with van der Waals surface area (Å²) in [4.78, 5) is 25.6. The van der Waals surface area contributed by atoms with Crippen LogP contribution in [0.1, 0.15) is 138 Å². The van der Waals surface area contributed by atoms with Gasteiger partial charge in [0.2, 0.25) is 0 Å². The molecule has 7 rings (SSSR count). The summed E-state index contributed by atoms with van der Waals surface area (Å²) in [5.74, 6) is 2.77. The molecule has 5 N–H and O–H groups in total. The van der Waals surface area contributed by atoms with Crippen molar-refractivity contribution in [2.75, 3.05) is 98.3 Å². The first kappa shape index (κ1) is 65.8. The van der Waals surface area contributed by atoms with Crippen LogP contribution in [0.3, 0.4) is 0 Å². The third kappa shape index (κ3) is 26.2. The Balaban J connectivity index is 0.000000762. The normalized spacial score (nSPS) is 27.4. The SMILES string of the molecule is C.CC(C)N1CC(N)C(C#N)C1.CC(C)N1CC(OP(C)(=O)O)C1.CC(C)N1CCC(N)C1.CC(C)N1CCC1.CC1CN(C(C)C)C1.CC1CN(C(C)C)C1.CC1CN(C(C)C)CC1C#N. The molecule has 0 aromatic heterocycles. The highest BCUT2D eigenvalue weighted by atomic mass is 31.2. The average Bonchev–Trinajstić information content (AvgIpc) is 3.88. The van der Waals surface area contributed by atoms with E-state index in [4.69, 9.17) is 31.4 Å². The van der Waals surface area contributed by atoms with Crippen molar-refractivity contribution in [1.29, 1.82) is 10.5 Å². The van der Waals surface area contributed by atoms with Crippen molar-refractivity contribution in [3.63, 3.8) is 0 Å². The van der Waals surface area contributed by atoms with Crippen LogP contribution in [0.25, 0.3) is 0 Å². The molecule has 0 aromatic rings. The standard InChI is InChI=1S/C9H16N2.C8H15N3.C7H16N2.C7H16NO3P.2C7H15N.C6H13N.CH4/c1-7(2)11-5-8(3)9(4-10)6-11;1-6(2)11-4-7(3-9)8(10)5-11;1-6(2)9-4-3-7(8)5-9;1-6(2)8-4-7(5-8)11-12(3,9)10;2*1-6(2)8-4-7(3)5-8;1-6(2)7-4-3-5-7;/h7-9H,5-6H2,1-3H3;6-8H,4-5,10H2,1-2H3;6-7H,3-5,8H2,1-2H3;6-7H,4-5H2,1-3H3,(H,9,10);2*6-7H,4-5H2,1-3H3;6H,3-5H2,1-2H3;1H4. The van der Waals surface area contributed by atoms with Crippen LogP contribution in [-0.4, -0.2) is 198 Å². The number of likely N-dealkylation sites (tertiary alicyclic amines) is 7. The third-order valence-electron chi connectivity index (χ3n) is 14.0. The molecule has 0 saturated carbocycles. The highest BCUT2D eigenvalue weighted by Gasteiger charge is 2.34. The number of nitrogens with zero attached hydrogens (tertiary/aromatic N) is 9. The summed E-state index contributed by atoms with van der Waals surface area (Å²) in [5, 5.41) is 17.4. The van der Waals surface area contributed by atoms with E-state index in [1.165, 1.54) is 65.3 Å². The van der Waals surface area contributed by atoms with Crippen molar-refractivity contribution in [3.05, 3.63) is 0 Å². The molecule has 15 heteroatoms. The quantitative estimate of drug-likeness (QED) is 0.195. The first-order chi connectivity index (χ1) is 30.6. The van der Waals surface area contributed by atoms with Crippen molar-refractivity contribution >= 4 is 7.60 Å². The molecule has 0 amide bonds. The van der Waals surface area contributed by atoms with E-state index in [1.807, 2.05) is 0 Å². The highest BCUT2D eigenvalue weighted by Crippen LogP contribution is 2.40. The van der Waals surface area contributed by atoms with E-state index >= 15 is 0 Å². The molecule has 7 heterocycles. The maximum absolute atomic E-state index is 10.8. The van der Waals surface area contributed by atoms with E-state index in [0.717, 1.165) is 75.8 Å². The van der Waals surface area contributed by atoms with Crippen LogP contribution >= 0.6 is 7.60 Å². The lowest BCUT2D eigenvalue weighted by atomic mass is 10.0. The highest BCUT2D eigenvalue weighted by molar-refractivity contribution is 7.51. The van der Waals surface area contributed by atoms with Gasteiger partial charge in [-0.2, -0.15) is 10.5 Å². The fourth-order valence-electron chi connectivity index (χ4n) is 8.73. The minimum absolute atomic E-state index is 0. The minimum atomic E-state index is -3.27. The Morgan fingerprint density at radius 1 is 0.522 bits per heavy atom. The maximum Gasteiger partial charge on any atom is 0.325 e. The second-order valence-corrected chi connectivity index (χ2v) is 24.5. The predicted molar refractivity (Wildman–Crippen MR) is 285 cm³/mol. The van der Waals surface area contributed by atoms with E-state index in [0.29, 0.717) is 36.1 Å². The number of rotatable bonds is 9. The van der Waals surface area contributed by atoms with Crippen LogP contribution in [0.4, 0.5) is 0 Å². The van der Waals surface area contributed by atoms with Gasteiger partial charge in [0.15, 0.2) is 0 Å². The molecule has 14 nitrogen and oxygen atoms in total. The Morgan fingerprint density at radius 3 is 1.07 bits per heavy atom. The number of hydrogen-bond acceptors (Lipinski definition) is 13. The van der Waals surface area contributed by atoms with E-state index < -0.39 is 7.60 Å². The summed E-state index contributed by atoms with van der Waals surface area (Å²) < 4.78 is 15.7. The molecular formula is C52H110N11O3P. The number of nitriles is 2. The van der Waals surface area contributed by atoms with E-state index in [9.17, 15) is 4.57 Å². The van der Waals surface area contributed by atoms with Gasteiger partial charge in [-0.25, -0.2) is 0 Å². The second-order valence-electron chi connectivity index (χ2n) is 22.7. The summed E-state index contributed by atoms with van der Waals surface area (Å²) in [6.45, 7) is 54.3. The van der Waals surface area contributed by atoms with Gasteiger partial charge in [-0.05, 0) is 147 Å². The molecule has 7 fully saturated rings. The fourth-order valence-corrected chi connectivity index (χ4v) is 9.41. The Bertz CT molecular complexity index is 1350. The largest absolute Gasteiger partial charge is 0.326 e. The summed E-state index contributed by atoms with van der Waals surface area (Å²) in [5.41, 5.74) is 11.5. The Labute approximate surface area is 415 Å². The van der Waals surface area contributed by atoms with Crippen molar-refractivity contribution in [1.82, 2.24) is 34.3 Å². The summed E-state index contributed by atoms with van der Waals surface area (Å²) in [6, 6.07) is 9.69. The molecule has 0 bridgehead atoms. The zero-order valence-electron chi connectivity index (χ0n) is 45.9. The topological polar surface area (TPSA) is 169 Å². The third-order valence-corrected chi connectivity index (χ3v) is 14.7. The first-order valence-electron chi connectivity index (χ1n) is 26.1. The Kier molecular flexibility index (Phi) is 32.1. The molecule has 0 aromatic carbocycles. The second kappa shape index (κ2) is 32.7. The van der Waals surface area contributed by atoms with Crippen LogP contribution in [0, 0.1) is 52.3 Å². The van der Waals surface area contributed by atoms with E-state index in [1.54, 1.807) is 0 Å². The fraction of sp³-hybridized carbons (Fsp3) is 0.962. The lowest BCUT2D eigenvalue weighted by Gasteiger charge is -2.41. The number of nitrogens with two attached hydrogens (primary N) is 2. The van der Waals surface area contributed by atoms with E-state index in [-0.39, 0.29) is 31.4 Å². The lowest BCUT2D eigenvalue weighted by molar-refractivity contribution is -0.00458. The van der Waals surface area contributed by atoms with Gasteiger partial charge in [-0.1, -0.05) is 28.2 Å². The van der Waals surface area contributed by atoms with Gasteiger partial charge in [-0.15, -0.1) is 0 Å². The van der Waals surface area contributed by atoms with Crippen molar-refractivity contribution in [3.8, 4) is 12.1 Å². The van der Waals surface area contributed by atoms with Crippen molar-refractivity contribution in [2.24, 2.45) is 41.1 Å². The van der Waals surface area contributed by atoms with Crippen molar-refractivity contribution in [2.45, 2.75) is 198 Å². The van der Waals surface area contributed by atoms with Gasteiger partial charge < -0.3 is 35.6 Å². The molecule has 6 atom stereocenters. The lowest BCUT2D eigenvalue weighted by Crippen LogP contribution is -2.54. The molecule has 7 aliphatic heterocycles. The molecule has 7 saturated heterocycles. The van der Waals surface area contributed by atoms with Crippen molar-refractivity contribution < 1.29 is 14.0 Å². The molecule has 7 aliphatic rings. The predicted octanol–water partition coefficient (Wildman–Crippen LogP) is 7.43. The zero-order valence-corrected chi connectivity index (χ0v) is 46.8. The monoisotopic (exact) mass is 968 g/mol. The zero-order chi connectivity index (χ0) is 50.6. The molecule has 0 radical (unpaired) electrons. The summed E-state index contributed by atoms with van der Waals surface area (Å²) in [6.07, 6.45) is 2.55. The Morgan fingerprint density at radius 2 is 0.881 bits per heavy atom. The Hall–Kier alpha value is -1.23. The van der Waals surface area contributed by atoms with Gasteiger partial charge in [0.05, 0.1) is 30.1 Å². The first-order valence-corrected chi connectivity index (χ1v) is 28.1. The molecular weight excluding hydrogens is 858 g/mol. The molecule has 67 heavy (non-hydrogen) atoms. The van der Waals surface area contributed by atoms with Crippen LogP contribution < -0.4 is 11.5 Å². The van der Waals surface area contributed by atoms with Gasteiger partial charge >= 0.3 is 7.60 Å². The van der Waals surface area contributed by atoms with Gasteiger partial charge in [0, 0.05) is 133 Å². The van der Waals surface area contributed by atoms with Gasteiger partial charge in [0.1, 0.15) is 0 Å². The average molecular weight is 968 g/mol. The summed E-state index contributed by atoms with van der Waals surface area (Å²) in [7, 11) is -3.27. The van der Waals surface area contributed by atoms with Crippen LogP contribution in [0.5, 0.6) is 0 Å². The van der Waals surface area contributed by atoms with Gasteiger partial charge in [-0.3, -0.25) is 24.2 Å². The molecule has 0 aliphatic carbocycles. The molecule has 0 spiro atoms. The molecule has 6 unspecified atom stereocenters. The van der Waals surface area contributed by atoms with Gasteiger partial charge in [0.25, 0.3) is 0 Å².